The molecule has 15 heavy (non-hydrogen) atoms. The second kappa shape index (κ2) is 4.84. The Labute approximate surface area is 90.7 Å². The summed E-state index contributed by atoms with van der Waals surface area (Å²) in [6.45, 7) is 1.80. The van der Waals surface area contributed by atoms with Crippen molar-refractivity contribution in [2.45, 2.75) is 6.92 Å². The zero-order valence-electron chi connectivity index (χ0n) is 7.92. The average molecular weight is 234 g/mol. The molecule has 4 nitrogen and oxygen atoms in total. The van der Waals surface area contributed by atoms with Gasteiger partial charge in [0.05, 0.1) is 17.3 Å². The van der Waals surface area contributed by atoms with Crippen LogP contribution in [0.5, 0.6) is 5.75 Å². The van der Waals surface area contributed by atoms with Gasteiger partial charge >= 0.3 is 6.16 Å². The molecule has 1 aromatic carbocycles. The van der Waals surface area contributed by atoms with E-state index in [1.807, 2.05) is 0 Å². The van der Waals surface area contributed by atoms with Crippen LogP contribution in [0.25, 0.3) is 0 Å². The molecule has 2 N–H and O–H groups in total. The Morgan fingerprint density at radius 3 is 2.87 bits per heavy atom. The minimum atomic E-state index is -0.912. The van der Waals surface area contributed by atoms with Crippen molar-refractivity contribution in [2.75, 3.05) is 12.3 Å². The summed E-state index contributed by atoms with van der Waals surface area (Å²) in [4.78, 5) is 10.9. The third-order valence-corrected chi connectivity index (χ3v) is 1.80. The van der Waals surface area contributed by atoms with Gasteiger partial charge in [-0.2, -0.15) is 0 Å². The van der Waals surface area contributed by atoms with Crippen molar-refractivity contribution < 1.29 is 18.7 Å². The minimum absolute atomic E-state index is 0.0333. The van der Waals surface area contributed by atoms with Crippen LogP contribution in [-0.2, 0) is 4.74 Å². The zero-order chi connectivity index (χ0) is 11.4. The van der Waals surface area contributed by atoms with Gasteiger partial charge in [0.25, 0.3) is 0 Å². The summed E-state index contributed by atoms with van der Waals surface area (Å²) in [5.74, 6) is -0.703. The summed E-state index contributed by atoms with van der Waals surface area (Å²) in [6.07, 6.45) is -0.912. The second-order valence-corrected chi connectivity index (χ2v) is 3.00. The highest BCUT2D eigenvalue weighted by atomic mass is 35.5. The molecule has 0 aliphatic heterocycles. The Morgan fingerprint density at radius 2 is 2.27 bits per heavy atom. The second-order valence-electron chi connectivity index (χ2n) is 2.59. The van der Waals surface area contributed by atoms with Crippen molar-refractivity contribution in [3.63, 3.8) is 0 Å². The molecule has 0 aromatic heterocycles. The number of hydrogen-bond donors (Lipinski definition) is 1. The summed E-state index contributed by atoms with van der Waals surface area (Å²) >= 11 is 5.62. The number of hydrogen-bond acceptors (Lipinski definition) is 4. The predicted molar refractivity (Wildman–Crippen MR) is 53.5 cm³/mol. The Bertz CT molecular complexity index is 384. The van der Waals surface area contributed by atoms with Crippen molar-refractivity contribution in [2.24, 2.45) is 0 Å². The topological polar surface area (TPSA) is 61.5 Å². The van der Waals surface area contributed by atoms with Crippen LogP contribution in [0.3, 0.4) is 0 Å². The van der Waals surface area contributed by atoms with E-state index in [0.717, 1.165) is 12.1 Å². The lowest BCUT2D eigenvalue weighted by Gasteiger charge is -2.07. The van der Waals surface area contributed by atoms with Crippen LogP contribution in [-0.4, -0.2) is 12.8 Å². The molecule has 1 rings (SSSR count). The molecule has 1 aromatic rings. The van der Waals surface area contributed by atoms with Gasteiger partial charge in [0.2, 0.25) is 0 Å². The molecule has 0 atom stereocenters. The lowest BCUT2D eigenvalue weighted by Crippen LogP contribution is -2.10. The van der Waals surface area contributed by atoms with Gasteiger partial charge < -0.3 is 15.2 Å². The Kier molecular flexibility index (Phi) is 3.74. The first kappa shape index (κ1) is 11.6. The number of halogens is 2. The zero-order valence-corrected chi connectivity index (χ0v) is 8.68. The molecule has 6 heteroatoms. The Balaban J connectivity index is 2.86. The first-order valence-corrected chi connectivity index (χ1v) is 4.51. The average Bonchev–Trinajstić information content (AvgIpc) is 2.14. The molecule has 0 bridgehead atoms. The van der Waals surface area contributed by atoms with Gasteiger partial charge in [-0.05, 0) is 13.0 Å². The normalized spacial score (nSPS) is 9.80. The smallest absolute Gasteiger partial charge is 0.434 e. The molecule has 0 fully saturated rings. The van der Waals surface area contributed by atoms with Gasteiger partial charge in [0.1, 0.15) is 5.82 Å². The van der Waals surface area contributed by atoms with Gasteiger partial charge in [-0.25, -0.2) is 9.18 Å². The highest BCUT2D eigenvalue weighted by Crippen LogP contribution is 2.29. The molecule has 0 amide bonds. The largest absolute Gasteiger partial charge is 0.513 e. The number of rotatable bonds is 2. The number of carbonyl (C=O) groups excluding carboxylic acids is 1. The van der Waals surface area contributed by atoms with E-state index in [4.69, 9.17) is 17.3 Å². The quantitative estimate of drug-likeness (QED) is 0.485. The predicted octanol–water partition coefficient (Wildman–Crippen LogP) is 2.60. The molecular formula is C9H9ClFNO3. The highest BCUT2D eigenvalue weighted by Gasteiger charge is 2.11. The third kappa shape index (κ3) is 2.99. The fourth-order valence-corrected chi connectivity index (χ4v) is 1.05. The number of nitrogens with two attached hydrogens (primary N) is 1. The van der Waals surface area contributed by atoms with Crippen molar-refractivity contribution >= 4 is 23.4 Å². The van der Waals surface area contributed by atoms with Crippen LogP contribution < -0.4 is 10.5 Å². The van der Waals surface area contributed by atoms with Gasteiger partial charge in [-0.15, -0.1) is 0 Å². The fraction of sp³-hybridized carbons (Fsp3) is 0.222. The van der Waals surface area contributed by atoms with E-state index in [1.54, 1.807) is 6.92 Å². The first-order chi connectivity index (χ1) is 7.04. The molecule has 0 saturated heterocycles. The lowest BCUT2D eigenvalue weighted by molar-refractivity contribution is 0.104. The van der Waals surface area contributed by atoms with Crippen LogP contribution in [0.4, 0.5) is 14.9 Å². The van der Waals surface area contributed by atoms with Gasteiger partial charge in [-0.1, -0.05) is 11.6 Å². The van der Waals surface area contributed by atoms with Gasteiger partial charge in [0, 0.05) is 6.07 Å². The molecule has 0 heterocycles. The maximum Gasteiger partial charge on any atom is 0.513 e. The molecule has 0 spiro atoms. The number of nitrogen functional groups attached to an aromatic ring is 1. The summed E-state index contributed by atoms with van der Waals surface area (Å²) in [5.41, 5.74) is 5.12. The van der Waals surface area contributed by atoms with Crippen molar-refractivity contribution in [1.82, 2.24) is 0 Å². The Morgan fingerprint density at radius 1 is 1.60 bits per heavy atom. The number of benzene rings is 1. The van der Waals surface area contributed by atoms with Crippen LogP contribution in [0.1, 0.15) is 6.92 Å². The Hall–Kier alpha value is -1.49. The van der Waals surface area contributed by atoms with Crippen LogP contribution in [0, 0.1) is 5.82 Å². The minimum Gasteiger partial charge on any atom is -0.434 e. The van der Waals surface area contributed by atoms with E-state index in [-0.39, 0.29) is 23.1 Å². The molecule has 0 unspecified atom stereocenters. The van der Waals surface area contributed by atoms with Gasteiger partial charge in [-0.3, -0.25) is 0 Å². The third-order valence-electron chi connectivity index (χ3n) is 1.51. The maximum atomic E-state index is 12.9. The maximum absolute atomic E-state index is 12.9. The van der Waals surface area contributed by atoms with Crippen LogP contribution in [0.15, 0.2) is 12.1 Å². The van der Waals surface area contributed by atoms with E-state index in [0.29, 0.717) is 0 Å². The van der Waals surface area contributed by atoms with Gasteiger partial charge in [0.15, 0.2) is 5.75 Å². The monoisotopic (exact) mass is 233 g/mol. The van der Waals surface area contributed by atoms with E-state index >= 15 is 0 Å². The van der Waals surface area contributed by atoms with E-state index in [2.05, 4.69) is 9.47 Å². The molecule has 82 valence electrons. The van der Waals surface area contributed by atoms with Crippen molar-refractivity contribution in [3.05, 3.63) is 23.0 Å². The molecule has 0 radical (unpaired) electrons. The van der Waals surface area contributed by atoms with Crippen LogP contribution in [0.2, 0.25) is 5.02 Å². The van der Waals surface area contributed by atoms with Crippen molar-refractivity contribution in [3.8, 4) is 5.75 Å². The summed E-state index contributed by atoms with van der Waals surface area (Å²) in [5, 5.41) is -0.0465. The van der Waals surface area contributed by atoms with E-state index in [1.165, 1.54) is 0 Å². The fourth-order valence-electron chi connectivity index (χ4n) is 0.860. The summed E-state index contributed by atoms with van der Waals surface area (Å²) in [7, 11) is 0. The summed E-state index contributed by atoms with van der Waals surface area (Å²) in [6, 6.07) is 2.08. The van der Waals surface area contributed by atoms with E-state index < -0.39 is 12.0 Å². The molecule has 0 aliphatic rings. The molecule has 0 saturated carbocycles. The SMILES string of the molecule is CCOC(=O)Oc1cc(N)c(F)cc1Cl. The molecular weight excluding hydrogens is 225 g/mol. The highest BCUT2D eigenvalue weighted by molar-refractivity contribution is 6.32. The lowest BCUT2D eigenvalue weighted by atomic mass is 10.3. The first-order valence-electron chi connectivity index (χ1n) is 4.13. The number of carbonyl (C=O) groups is 1. The van der Waals surface area contributed by atoms with E-state index in [9.17, 15) is 9.18 Å². The summed E-state index contributed by atoms with van der Waals surface area (Å²) < 4.78 is 22.1. The van der Waals surface area contributed by atoms with Crippen LogP contribution >= 0.6 is 11.6 Å². The number of anilines is 1. The van der Waals surface area contributed by atoms with Crippen molar-refractivity contribution in [1.29, 1.82) is 0 Å². The molecule has 0 aliphatic carbocycles. The number of ether oxygens (including phenoxy) is 2. The standard InChI is InChI=1S/C9H9ClFNO3/c1-2-14-9(13)15-8-4-7(12)6(11)3-5(8)10/h3-4H,2,12H2,1H3.